The first-order chi connectivity index (χ1) is 11.9. The lowest BCUT2D eigenvalue weighted by Crippen LogP contribution is -2.39. The Hall–Kier alpha value is -1.07. The zero-order chi connectivity index (χ0) is 18.7. The van der Waals surface area contributed by atoms with Crippen LogP contribution in [0, 0.1) is 6.92 Å². The van der Waals surface area contributed by atoms with Crippen LogP contribution in [0.2, 0.25) is 0 Å². The molecule has 7 nitrogen and oxygen atoms in total. The van der Waals surface area contributed by atoms with Crippen LogP contribution in [-0.2, 0) is 16.4 Å². The number of ether oxygens (including phenoxy) is 1. The number of aryl methyl sites for hydroxylation is 1. The zero-order valence-electron chi connectivity index (χ0n) is 16.0. The molecule has 1 aromatic rings. The van der Waals surface area contributed by atoms with Gasteiger partial charge in [-0.25, -0.2) is 13.1 Å². The number of methoxy groups -OCH3 is 1. The van der Waals surface area contributed by atoms with E-state index in [-0.39, 0.29) is 29.7 Å². The van der Waals surface area contributed by atoms with Gasteiger partial charge in [0.1, 0.15) is 5.75 Å². The van der Waals surface area contributed by atoms with Crippen LogP contribution >= 0.6 is 24.0 Å². The molecular weight excluding hydrogens is 467 g/mol. The maximum atomic E-state index is 11.3. The lowest BCUT2D eigenvalue weighted by Gasteiger charge is -2.13. The van der Waals surface area contributed by atoms with E-state index < -0.39 is 10.0 Å². The predicted octanol–water partition coefficient (Wildman–Crippen LogP) is 1.66. The minimum Gasteiger partial charge on any atom is -0.496 e. The SMILES string of the molecule is CCS(=O)(=O)NCCCNC(=NC)NCCc1ccc(C)c(OC)c1.I. The van der Waals surface area contributed by atoms with Crippen molar-refractivity contribution in [2.45, 2.75) is 26.7 Å². The van der Waals surface area contributed by atoms with Gasteiger partial charge >= 0.3 is 0 Å². The summed E-state index contributed by atoms with van der Waals surface area (Å²) in [5.41, 5.74) is 2.31. The van der Waals surface area contributed by atoms with Gasteiger partial charge in [-0.15, -0.1) is 24.0 Å². The largest absolute Gasteiger partial charge is 0.496 e. The van der Waals surface area contributed by atoms with Gasteiger partial charge < -0.3 is 15.4 Å². The average Bonchev–Trinajstić information content (AvgIpc) is 2.61. The maximum Gasteiger partial charge on any atom is 0.211 e. The highest BCUT2D eigenvalue weighted by Crippen LogP contribution is 2.18. The maximum absolute atomic E-state index is 11.3. The molecule has 0 atom stereocenters. The van der Waals surface area contributed by atoms with Crippen molar-refractivity contribution >= 4 is 40.0 Å². The van der Waals surface area contributed by atoms with E-state index >= 15 is 0 Å². The molecule has 0 aliphatic heterocycles. The summed E-state index contributed by atoms with van der Waals surface area (Å²) in [6.07, 6.45) is 1.54. The molecule has 0 heterocycles. The van der Waals surface area contributed by atoms with Crippen LogP contribution in [0.3, 0.4) is 0 Å². The Morgan fingerprint density at radius 1 is 1.19 bits per heavy atom. The first-order valence-electron chi connectivity index (χ1n) is 8.47. The summed E-state index contributed by atoms with van der Waals surface area (Å²) in [5, 5.41) is 6.42. The third-order valence-corrected chi connectivity index (χ3v) is 5.15. The van der Waals surface area contributed by atoms with Crippen molar-refractivity contribution in [2.75, 3.05) is 39.5 Å². The summed E-state index contributed by atoms with van der Waals surface area (Å²) in [6.45, 7) is 5.45. The Morgan fingerprint density at radius 3 is 2.50 bits per heavy atom. The van der Waals surface area contributed by atoms with E-state index in [1.54, 1.807) is 21.1 Å². The third-order valence-electron chi connectivity index (χ3n) is 3.75. The Kier molecular flexibility index (Phi) is 12.6. The predicted molar refractivity (Wildman–Crippen MR) is 118 cm³/mol. The molecular formula is C17H31IN4O3S. The Morgan fingerprint density at radius 2 is 1.88 bits per heavy atom. The van der Waals surface area contributed by atoms with Crippen molar-refractivity contribution in [2.24, 2.45) is 4.99 Å². The molecule has 1 aromatic carbocycles. The summed E-state index contributed by atoms with van der Waals surface area (Å²) in [5.74, 6) is 1.71. The molecule has 0 saturated carbocycles. The summed E-state index contributed by atoms with van der Waals surface area (Å²) < 4.78 is 30.5. The molecule has 26 heavy (non-hydrogen) atoms. The van der Waals surface area contributed by atoms with E-state index in [2.05, 4.69) is 32.5 Å². The molecule has 0 aromatic heterocycles. The first kappa shape index (κ1) is 24.9. The standard InChI is InChI=1S/C17H30N4O3S.HI/c1-5-25(22,23)21-11-6-10-19-17(18-3)20-12-9-15-8-7-14(2)16(13-15)24-4;/h7-8,13,21H,5-6,9-12H2,1-4H3,(H2,18,19,20);1H. The minimum atomic E-state index is -3.11. The van der Waals surface area contributed by atoms with E-state index in [9.17, 15) is 8.42 Å². The second-order valence-corrected chi connectivity index (χ2v) is 7.73. The molecule has 0 aliphatic carbocycles. The number of hydrogen-bond donors (Lipinski definition) is 3. The highest BCUT2D eigenvalue weighted by Gasteiger charge is 2.05. The van der Waals surface area contributed by atoms with E-state index in [1.165, 1.54) is 5.56 Å². The summed E-state index contributed by atoms with van der Waals surface area (Å²) in [6, 6.07) is 6.20. The van der Waals surface area contributed by atoms with Gasteiger partial charge in [-0.2, -0.15) is 0 Å². The molecule has 0 radical (unpaired) electrons. The fourth-order valence-electron chi connectivity index (χ4n) is 2.19. The van der Waals surface area contributed by atoms with Crippen molar-refractivity contribution in [1.29, 1.82) is 0 Å². The Bertz CT molecular complexity index is 666. The van der Waals surface area contributed by atoms with Crippen LogP contribution < -0.4 is 20.1 Å². The van der Waals surface area contributed by atoms with Gasteiger partial charge in [-0.1, -0.05) is 12.1 Å². The molecule has 9 heteroatoms. The topological polar surface area (TPSA) is 91.8 Å². The first-order valence-corrected chi connectivity index (χ1v) is 10.1. The fraction of sp³-hybridized carbons (Fsp3) is 0.588. The fourth-order valence-corrected chi connectivity index (χ4v) is 2.85. The normalized spacial score (nSPS) is 11.6. The van der Waals surface area contributed by atoms with Gasteiger partial charge in [0.05, 0.1) is 12.9 Å². The number of aliphatic imine (C=N–C) groups is 1. The molecule has 3 N–H and O–H groups in total. The van der Waals surface area contributed by atoms with Crippen LogP contribution in [0.4, 0.5) is 0 Å². The molecule has 150 valence electrons. The molecule has 0 amide bonds. The van der Waals surface area contributed by atoms with E-state index in [0.29, 0.717) is 25.5 Å². The van der Waals surface area contributed by atoms with E-state index in [1.807, 2.05) is 13.0 Å². The molecule has 0 bridgehead atoms. The average molecular weight is 498 g/mol. The van der Waals surface area contributed by atoms with Gasteiger partial charge in [0.25, 0.3) is 0 Å². The molecule has 0 saturated heterocycles. The smallest absolute Gasteiger partial charge is 0.211 e. The number of sulfonamides is 1. The van der Waals surface area contributed by atoms with Gasteiger partial charge in [-0.05, 0) is 43.9 Å². The highest BCUT2D eigenvalue weighted by atomic mass is 127. The van der Waals surface area contributed by atoms with Gasteiger partial charge in [-0.3, -0.25) is 4.99 Å². The molecule has 0 spiro atoms. The van der Waals surface area contributed by atoms with Crippen molar-refractivity contribution in [3.8, 4) is 5.75 Å². The quantitative estimate of drug-likeness (QED) is 0.198. The molecule has 0 fully saturated rings. The summed E-state index contributed by atoms with van der Waals surface area (Å²) in [7, 11) is 0.276. The van der Waals surface area contributed by atoms with Crippen molar-refractivity contribution < 1.29 is 13.2 Å². The number of hydrogen-bond acceptors (Lipinski definition) is 4. The summed E-state index contributed by atoms with van der Waals surface area (Å²) >= 11 is 0. The number of benzene rings is 1. The zero-order valence-corrected chi connectivity index (χ0v) is 19.1. The second kappa shape index (κ2) is 13.2. The molecule has 0 unspecified atom stereocenters. The molecule has 1 rings (SSSR count). The second-order valence-electron chi connectivity index (χ2n) is 5.63. The van der Waals surface area contributed by atoms with E-state index in [4.69, 9.17) is 4.74 Å². The number of guanidine groups is 1. The lowest BCUT2D eigenvalue weighted by molar-refractivity contribution is 0.411. The number of nitrogens with zero attached hydrogens (tertiary/aromatic N) is 1. The van der Waals surface area contributed by atoms with Crippen LogP contribution in [0.25, 0.3) is 0 Å². The highest BCUT2D eigenvalue weighted by molar-refractivity contribution is 14.0. The number of rotatable bonds is 10. The van der Waals surface area contributed by atoms with Crippen molar-refractivity contribution in [3.05, 3.63) is 29.3 Å². The molecule has 0 aliphatic rings. The number of halogens is 1. The Labute approximate surface area is 174 Å². The van der Waals surface area contributed by atoms with E-state index in [0.717, 1.165) is 24.3 Å². The van der Waals surface area contributed by atoms with Crippen LogP contribution in [0.15, 0.2) is 23.2 Å². The van der Waals surface area contributed by atoms with Crippen molar-refractivity contribution in [3.63, 3.8) is 0 Å². The summed E-state index contributed by atoms with van der Waals surface area (Å²) in [4.78, 5) is 4.16. The van der Waals surface area contributed by atoms with Crippen LogP contribution in [0.5, 0.6) is 5.75 Å². The van der Waals surface area contributed by atoms with Crippen molar-refractivity contribution in [1.82, 2.24) is 15.4 Å². The van der Waals surface area contributed by atoms with Gasteiger partial charge in [0, 0.05) is 26.7 Å². The van der Waals surface area contributed by atoms with Crippen LogP contribution in [0.1, 0.15) is 24.5 Å². The lowest BCUT2D eigenvalue weighted by atomic mass is 10.1. The monoisotopic (exact) mass is 498 g/mol. The number of nitrogens with one attached hydrogen (secondary N) is 3. The van der Waals surface area contributed by atoms with Crippen LogP contribution in [-0.4, -0.2) is 53.9 Å². The third kappa shape index (κ3) is 9.58. The Balaban J connectivity index is 0.00000625. The van der Waals surface area contributed by atoms with Gasteiger partial charge in [0.2, 0.25) is 10.0 Å². The minimum absolute atomic E-state index is 0. The van der Waals surface area contributed by atoms with Gasteiger partial charge in [0.15, 0.2) is 5.96 Å².